The van der Waals surface area contributed by atoms with E-state index in [1.165, 1.54) is 0 Å². The van der Waals surface area contributed by atoms with Gasteiger partial charge in [0.15, 0.2) is 11.5 Å². The Morgan fingerprint density at radius 3 is 2.29 bits per heavy atom. The first-order chi connectivity index (χ1) is 13.1. The summed E-state index contributed by atoms with van der Waals surface area (Å²) in [6.45, 7) is 7.52. The van der Waals surface area contributed by atoms with Crippen LogP contribution in [-0.2, 0) is 11.2 Å². The highest BCUT2D eigenvalue weighted by Gasteiger charge is 2.54. The molecular weight excluding hydrogens is 362 g/mol. The van der Waals surface area contributed by atoms with E-state index in [9.17, 15) is 20.1 Å². The van der Waals surface area contributed by atoms with Gasteiger partial charge in [0.1, 0.15) is 5.78 Å². The summed E-state index contributed by atoms with van der Waals surface area (Å²) in [5.41, 5.74) is 0.679. The minimum Gasteiger partial charge on any atom is -0.493 e. The molecule has 1 aromatic carbocycles. The maximum Gasteiger partial charge on any atom is 0.235 e. The molecule has 2 atom stereocenters. The van der Waals surface area contributed by atoms with Crippen molar-refractivity contribution >= 4 is 5.78 Å². The number of carbonyl (C=O) groups is 1. The Hall–Kier alpha value is -1.67. The zero-order chi connectivity index (χ0) is 21.3. The molecule has 0 saturated carbocycles. The molecule has 158 valence electrons. The van der Waals surface area contributed by atoms with Gasteiger partial charge in [-0.25, -0.2) is 4.90 Å². The van der Waals surface area contributed by atoms with E-state index in [0.717, 1.165) is 11.1 Å². The molecule has 7 heteroatoms. The Labute approximate surface area is 166 Å². The lowest BCUT2D eigenvalue weighted by Crippen LogP contribution is -2.63. The van der Waals surface area contributed by atoms with Crippen molar-refractivity contribution in [3.8, 4) is 11.5 Å². The lowest BCUT2D eigenvalue weighted by atomic mass is 9.76. The van der Waals surface area contributed by atoms with E-state index in [1.54, 1.807) is 33.0 Å². The van der Waals surface area contributed by atoms with Gasteiger partial charge in [-0.1, -0.05) is 13.8 Å². The highest BCUT2D eigenvalue weighted by molar-refractivity contribution is 5.84. The maximum atomic E-state index is 12.7. The summed E-state index contributed by atoms with van der Waals surface area (Å²) in [7, 11) is 3.11. The fourth-order valence-electron chi connectivity index (χ4n) is 4.14. The van der Waals surface area contributed by atoms with Crippen LogP contribution in [0, 0.1) is 5.92 Å². The van der Waals surface area contributed by atoms with Crippen LogP contribution in [0.3, 0.4) is 0 Å². The monoisotopic (exact) mass is 395 g/mol. The number of rotatable bonds is 4. The second-order valence-electron chi connectivity index (χ2n) is 7.79. The van der Waals surface area contributed by atoms with Crippen LogP contribution in [0.4, 0.5) is 0 Å². The van der Waals surface area contributed by atoms with Crippen LogP contribution in [0.5, 0.6) is 11.5 Å². The van der Waals surface area contributed by atoms with Crippen LogP contribution in [0.2, 0.25) is 0 Å². The first-order valence-electron chi connectivity index (χ1n) is 9.80. The molecule has 0 aromatic heterocycles. The quantitative estimate of drug-likeness (QED) is 0.671. The number of hydrogen-bond acceptors (Lipinski definition) is 7. The summed E-state index contributed by atoms with van der Waals surface area (Å²) >= 11 is 0. The summed E-state index contributed by atoms with van der Waals surface area (Å²) in [6.07, 6.45) is 0.741. The Morgan fingerprint density at radius 1 is 1.18 bits per heavy atom. The fraction of sp³-hybridized carbons (Fsp3) is 0.667. The minimum absolute atomic E-state index is 0.0131. The Bertz CT molecular complexity index is 710. The average molecular weight is 395 g/mol. The summed E-state index contributed by atoms with van der Waals surface area (Å²) in [4.78, 5) is 14.3. The lowest BCUT2D eigenvalue weighted by Gasteiger charge is -2.51. The largest absolute Gasteiger partial charge is 0.493 e. The standard InChI is InChI=1S/C19H27NO6.C2H6/c1-18(2,22)10-13-15(21)9-14-12-8-17(26-4)16(25-3)7-11(12)5-6-20(14)19(13,23)24;1-2/h7-8,13-14,22-24H,5-6,9-10H2,1-4H3;1-2H3/t13-,14?;/m1./s1. The third kappa shape index (κ3) is 4.17. The summed E-state index contributed by atoms with van der Waals surface area (Å²) in [5, 5.41) is 31.7. The molecule has 3 rings (SSSR count). The number of aliphatic hydroxyl groups is 3. The van der Waals surface area contributed by atoms with Crippen LogP contribution in [0.25, 0.3) is 0 Å². The van der Waals surface area contributed by atoms with Gasteiger partial charge < -0.3 is 24.8 Å². The SMILES string of the molecule is CC.COc1cc2c(cc1OC)C1CC(=O)[C@@H](CC(C)(C)O)C(O)(O)N1CC2. The summed E-state index contributed by atoms with van der Waals surface area (Å²) in [5.74, 6) is -2.46. The van der Waals surface area contributed by atoms with Crippen molar-refractivity contribution in [2.24, 2.45) is 5.92 Å². The molecule has 0 spiro atoms. The van der Waals surface area contributed by atoms with Gasteiger partial charge in [0.25, 0.3) is 0 Å². The second kappa shape index (κ2) is 8.37. The molecule has 28 heavy (non-hydrogen) atoms. The summed E-state index contributed by atoms with van der Waals surface area (Å²) in [6, 6.07) is 3.25. The van der Waals surface area contributed by atoms with Gasteiger partial charge in [-0.15, -0.1) is 0 Å². The van der Waals surface area contributed by atoms with E-state index < -0.39 is 23.5 Å². The number of fused-ring (bicyclic) bond motifs is 3. The van der Waals surface area contributed by atoms with Gasteiger partial charge in [0, 0.05) is 19.0 Å². The van der Waals surface area contributed by atoms with E-state index in [-0.39, 0.29) is 18.6 Å². The van der Waals surface area contributed by atoms with E-state index in [1.807, 2.05) is 26.0 Å². The van der Waals surface area contributed by atoms with Crippen molar-refractivity contribution in [1.82, 2.24) is 4.90 Å². The van der Waals surface area contributed by atoms with Crippen LogP contribution >= 0.6 is 0 Å². The molecule has 0 radical (unpaired) electrons. The van der Waals surface area contributed by atoms with Crippen molar-refractivity contribution in [2.75, 3.05) is 20.8 Å². The number of Topliss-reactive ketones (excluding diaryl/α,β-unsaturated/α-hetero) is 1. The number of hydrogen-bond donors (Lipinski definition) is 3. The molecule has 0 amide bonds. The zero-order valence-electron chi connectivity index (χ0n) is 17.7. The first kappa shape index (κ1) is 22.6. The predicted molar refractivity (Wildman–Crippen MR) is 105 cm³/mol. The number of ether oxygens (including phenoxy) is 2. The first-order valence-corrected chi connectivity index (χ1v) is 9.80. The highest BCUT2D eigenvalue weighted by atomic mass is 16.5. The zero-order valence-corrected chi connectivity index (χ0v) is 17.7. The van der Waals surface area contributed by atoms with Gasteiger partial charge in [0.2, 0.25) is 5.91 Å². The number of carbonyl (C=O) groups excluding carboxylic acids is 1. The van der Waals surface area contributed by atoms with Crippen molar-refractivity contribution in [3.63, 3.8) is 0 Å². The number of ketones is 1. The molecule has 2 aliphatic heterocycles. The van der Waals surface area contributed by atoms with Crippen molar-refractivity contribution in [2.45, 2.75) is 64.5 Å². The Balaban J connectivity index is 0.00000136. The fourth-order valence-corrected chi connectivity index (χ4v) is 4.14. The van der Waals surface area contributed by atoms with Crippen LogP contribution in [0.15, 0.2) is 12.1 Å². The van der Waals surface area contributed by atoms with Crippen molar-refractivity contribution in [3.05, 3.63) is 23.3 Å². The van der Waals surface area contributed by atoms with E-state index in [4.69, 9.17) is 9.47 Å². The van der Waals surface area contributed by atoms with E-state index >= 15 is 0 Å². The Kier molecular flexibility index (Phi) is 6.76. The summed E-state index contributed by atoms with van der Waals surface area (Å²) < 4.78 is 10.7. The highest BCUT2D eigenvalue weighted by Crippen LogP contribution is 2.47. The van der Waals surface area contributed by atoms with Crippen LogP contribution < -0.4 is 9.47 Å². The Morgan fingerprint density at radius 2 is 1.75 bits per heavy atom. The van der Waals surface area contributed by atoms with Gasteiger partial charge in [-0.2, -0.15) is 0 Å². The normalized spacial score (nSPS) is 23.8. The van der Waals surface area contributed by atoms with Crippen molar-refractivity contribution in [1.29, 1.82) is 0 Å². The number of methoxy groups -OCH3 is 2. The lowest BCUT2D eigenvalue weighted by molar-refractivity contribution is -0.316. The third-order valence-electron chi connectivity index (χ3n) is 5.38. The van der Waals surface area contributed by atoms with Crippen LogP contribution in [-0.4, -0.2) is 58.3 Å². The molecule has 3 N–H and O–H groups in total. The molecule has 0 bridgehead atoms. The van der Waals surface area contributed by atoms with E-state index in [0.29, 0.717) is 24.5 Å². The molecular formula is C21H33NO6. The number of nitrogens with zero attached hydrogens (tertiary/aromatic N) is 1. The van der Waals surface area contributed by atoms with Crippen LogP contribution in [0.1, 0.15) is 57.7 Å². The molecule has 1 unspecified atom stereocenters. The van der Waals surface area contributed by atoms with Gasteiger partial charge in [0.05, 0.1) is 25.7 Å². The number of benzene rings is 1. The number of piperidine rings is 1. The average Bonchev–Trinajstić information content (AvgIpc) is 2.64. The molecule has 0 aliphatic carbocycles. The topological polar surface area (TPSA) is 99.5 Å². The second-order valence-corrected chi connectivity index (χ2v) is 7.79. The van der Waals surface area contributed by atoms with Gasteiger partial charge >= 0.3 is 0 Å². The molecule has 1 fully saturated rings. The maximum absolute atomic E-state index is 12.7. The van der Waals surface area contributed by atoms with E-state index in [2.05, 4.69) is 0 Å². The third-order valence-corrected chi connectivity index (χ3v) is 5.38. The smallest absolute Gasteiger partial charge is 0.235 e. The van der Waals surface area contributed by atoms with Gasteiger partial charge in [-0.3, -0.25) is 4.79 Å². The molecule has 1 saturated heterocycles. The predicted octanol–water partition coefficient (Wildman–Crippen LogP) is 2.02. The van der Waals surface area contributed by atoms with Gasteiger partial charge in [-0.05, 0) is 49.9 Å². The molecule has 1 aromatic rings. The molecule has 2 aliphatic rings. The minimum atomic E-state index is -2.30. The molecule has 2 heterocycles. The van der Waals surface area contributed by atoms with Crippen molar-refractivity contribution < 1.29 is 29.6 Å². The molecule has 7 nitrogen and oxygen atoms in total.